The highest BCUT2D eigenvalue weighted by atomic mass is 32.2. The van der Waals surface area contributed by atoms with Crippen molar-refractivity contribution in [3.8, 4) is 0 Å². The molecule has 5 atom stereocenters. The molecule has 5 amide bonds. The number of halogens is 1. The zero-order chi connectivity index (χ0) is 25.8. The molecular formula is C24H24FN5O6S. The van der Waals surface area contributed by atoms with Crippen molar-refractivity contribution in [1.82, 2.24) is 15.8 Å². The quantitative estimate of drug-likeness (QED) is 0.534. The molecule has 4 fully saturated rings. The van der Waals surface area contributed by atoms with Gasteiger partial charge in [0.2, 0.25) is 17.4 Å². The molecule has 0 bridgehead atoms. The summed E-state index contributed by atoms with van der Waals surface area (Å²) in [6, 6.07) is -0.133. The van der Waals surface area contributed by atoms with Gasteiger partial charge in [-0.3, -0.25) is 29.9 Å². The Balaban J connectivity index is 1.43. The Bertz CT molecular complexity index is 1390. The molecule has 5 heterocycles. The number of anilines is 2. The number of benzene rings is 1. The number of hydrogen-bond donors (Lipinski definition) is 2. The molecule has 194 valence electrons. The van der Waals surface area contributed by atoms with Crippen LogP contribution in [0.1, 0.15) is 38.7 Å². The highest BCUT2D eigenvalue weighted by Crippen LogP contribution is 2.51. The summed E-state index contributed by atoms with van der Waals surface area (Å²) in [6.07, 6.45) is 1.64. The minimum Gasteiger partial charge on any atom is -0.372 e. The van der Waals surface area contributed by atoms with Gasteiger partial charge in [-0.05, 0) is 38.3 Å². The Morgan fingerprint density at radius 3 is 2.68 bits per heavy atom. The molecule has 3 saturated heterocycles. The van der Waals surface area contributed by atoms with E-state index in [2.05, 4.69) is 15.8 Å². The molecule has 1 aliphatic carbocycles. The van der Waals surface area contributed by atoms with Gasteiger partial charge in [0.25, 0.3) is 5.24 Å². The molecule has 1 spiro atoms. The van der Waals surface area contributed by atoms with Gasteiger partial charge in [-0.2, -0.15) is 0 Å². The molecule has 1 saturated carbocycles. The van der Waals surface area contributed by atoms with E-state index in [-0.39, 0.29) is 52.7 Å². The van der Waals surface area contributed by atoms with Gasteiger partial charge in [0, 0.05) is 18.2 Å². The van der Waals surface area contributed by atoms with Crippen LogP contribution < -0.4 is 20.4 Å². The Morgan fingerprint density at radius 1 is 1.16 bits per heavy atom. The van der Waals surface area contributed by atoms with Gasteiger partial charge < -0.3 is 14.2 Å². The number of urea groups is 1. The smallest absolute Gasteiger partial charge is 0.328 e. The normalized spacial score (nSPS) is 32.5. The lowest BCUT2D eigenvalue weighted by Gasteiger charge is -2.55. The second-order valence-corrected chi connectivity index (χ2v) is 11.7. The van der Waals surface area contributed by atoms with Gasteiger partial charge in [0.15, 0.2) is 17.1 Å². The number of rotatable bonds is 1. The van der Waals surface area contributed by atoms with E-state index in [1.807, 2.05) is 6.92 Å². The Kier molecular flexibility index (Phi) is 4.76. The molecule has 4 aliphatic heterocycles. The van der Waals surface area contributed by atoms with Gasteiger partial charge in [-0.1, -0.05) is 23.3 Å². The number of aromatic nitrogens is 1. The van der Waals surface area contributed by atoms with Crippen LogP contribution in [-0.4, -0.2) is 64.3 Å². The molecule has 2 aromatic rings. The highest BCUT2D eigenvalue weighted by Gasteiger charge is 2.63. The fourth-order valence-electron chi connectivity index (χ4n) is 7.01. The minimum absolute atomic E-state index is 0.0394. The Labute approximate surface area is 214 Å². The maximum atomic E-state index is 16.3. The predicted molar refractivity (Wildman–Crippen MR) is 130 cm³/mol. The average molecular weight is 530 g/mol. The van der Waals surface area contributed by atoms with Crippen LogP contribution in [0, 0.1) is 11.2 Å². The summed E-state index contributed by atoms with van der Waals surface area (Å²) in [5.74, 6) is -1.92. The summed E-state index contributed by atoms with van der Waals surface area (Å²) in [6.45, 7) is 3.78. The van der Waals surface area contributed by atoms with E-state index >= 15 is 4.39 Å². The van der Waals surface area contributed by atoms with Crippen LogP contribution in [0.4, 0.5) is 25.5 Å². The number of hydrogen-bond acceptors (Lipinski definition) is 9. The first-order chi connectivity index (χ1) is 17.7. The number of carbonyl (C=O) groups is 4. The number of fused-ring (bicyclic) bond motifs is 6. The Hall–Kier alpha value is -3.19. The molecule has 1 aromatic heterocycles. The van der Waals surface area contributed by atoms with Crippen LogP contribution in [0.25, 0.3) is 11.0 Å². The second kappa shape index (κ2) is 7.67. The van der Waals surface area contributed by atoms with Crippen molar-refractivity contribution >= 4 is 57.3 Å². The molecule has 0 unspecified atom stereocenters. The van der Waals surface area contributed by atoms with Crippen LogP contribution in [0.2, 0.25) is 0 Å². The summed E-state index contributed by atoms with van der Waals surface area (Å²) in [5.41, 5.74) is -1.20. The average Bonchev–Trinajstić information content (AvgIpc) is 3.51. The zero-order valence-electron chi connectivity index (χ0n) is 20.1. The monoisotopic (exact) mass is 529 g/mol. The number of nitrogens with zero attached hydrogens (tertiary/aromatic N) is 3. The lowest BCUT2D eigenvalue weighted by atomic mass is 9.66. The van der Waals surface area contributed by atoms with Gasteiger partial charge in [-0.15, -0.1) is 0 Å². The van der Waals surface area contributed by atoms with Crippen LogP contribution in [-0.2, 0) is 20.7 Å². The lowest BCUT2D eigenvalue weighted by molar-refractivity contribution is -0.153. The first kappa shape index (κ1) is 23.0. The van der Waals surface area contributed by atoms with Crippen molar-refractivity contribution < 1.29 is 32.8 Å². The molecule has 13 heteroatoms. The van der Waals surface area contributed by atoms with E-state index in [0.29, 0.717) is 10.9 Å². The van der Waals surface area contributed by atoms with E-state index in [4.69, 9.17) is 9.26 Å². The lowest BCUT2D eigenvalue weighted by Crippen LogP contribution is -2.75. The molecular weight excluding hydrogens is 505 g/mol. The summed E-state index contributed by atoms with van der Waals surface area (Å²) in [4.78, 5) is 54.8. The molecule has 0 radical (unpaired) electrons. The number of carbonyl (C=O) groups excluding carboxylic acids is 4. The third-order valence-corrected chi connectivity index (χ3v) is 9.62. The first-order valence-electron chi connectivity index (χ1n) is 12.4. The molecule has 1 aromatic carbocycles. The van der Waals surface area contributed by atoms with Gasteiger partial charge in [0.05, 0.1) is 35.4 Å². The minimum atomic E-state index is -1.73. The largest absolute Gasteiger partial charge is 0.372 e. The third-order valence-electron chi connectivity index (χ3n) is 8.37. The number of ether oxygens (including phenoxy) is 1. The fraction of sp³-hybridized carbons (Fsp3) is 0.542. The first-order valence-corrected chi connectivity index (χ1v) is 13.3. The Morgan fingerprint density at radius 2 is 1.92 bits per heavy atom. The maximum absolute atomic E-state index is 16.3. The van der Waals surface area contributed by atoms with Crippen LogP contribution in [0.15, 0.2) is 10.6 Å². The van der Waals surface area contributed by atoms with E-state index in [0.717, 1.165) is 19.3 Å². The zero-order valence-corrected chi connectivity index (χ0v) is 20.9. The van der Waals surface area contributed by atoms with Gasteiger partial charge in [0.1, 0.15) is 0 Å². The van der Waals surface area contributed by atoms with Crippen molar-refractivity contribution in [2.45, 2.75) is 69.1 Å². The number of imide groups is 2. The van der Waals surface area contributed by atoms with Crippen LogP contribution >= 0.6 is 11.8 Å². The van der Waals surface area contributed by atoms with E-state index in [9.17, 15) is 19.2 Å². The fourth-order valence-corrected chi connectivity index (χ4v) is 8.31. The maximum Gasteiger partial charge on any atom is 0.328 e. The molecule has 7 rings (SSSR count). The molecule has 5 aliphatic rings. The number of nitrogens with one attached hydrogen (secondary N) is 2. The SMILES string of the molecule is C[C@@H]1CN2c3c(cc4c(N5C(=O)S[C@H]6CCC[C@H]65)noc4c3F)CC3(C(=O)NC(=O)NC3=O)[C@H]2[C@H](C)O1. The van der Waals surface area contributed by atoms with E-state index < -0.39 is 41.2 Å². The van der Waals surface area contributed by atoms with Crippen molar-refractivity contribution in [2.24, 2.45) is 5.41 Å². The van der Waals surface area contributed by atoms with E-state index in [1.54, 1.807) is 22.8 Å². The summed E-state index contributed by atoms with van der Waals surface area (Å²) in [5, 5.41) is 8.91. The number of barbiturate groups is 1. The van der Waals surface area contributed by atoms with Crippen molar-refractivity contribution in [1.29, 1.82) is 0 Å². The van der Waals surface area contributed by atoms with Crippen molar-refractivity contribution in [2.75, 3.05) is 16.3 Å². The molecule has 2 N–H and O–H groups in total. The summed E-state index contributed by atoms with van der Waals surface area (Å²) >= 11 is 1.27. The van der Waals surface area contributed by atoms with Crippen LogP contribution in [0.3, 0.4) is 0 Å². The summed E-state index contributed by atoms with van der Waals surface area (Å²) in [7, 11) is 0. The predicted octanol–water partition coefficient (Wildman–Crippen LogP) is 2.45. The van der Waals surface area contributed by atoms with Crippen molar-refractivity contribution in [3.63, 3.8) is 0 Å². The standard InChI is InChI=1S/C24H24FN5O6S/c1-9-8-29-16-11(7-24(18(29)10(2)35-9)20(31)26-22(33)27-21(24)32)6-12-17(15(16)25)36-28-19(12)30-13-4-3-5-14(13)37-23(30)34/h6,9-10,13-14,18H,3-5,7-8H2,1-2H3,(H2,26,27,31,32,33)/t9-,10+,13-,14+,18-/m1/s1. The van der Waals surface area contributed by atoms with Crippen LogP contribution in [0.5, 0.6) is 0 Å². The summed E-state index contributed by atoms with van der Waals surface area (Å²) < 4.78 is 27.7. The van der Waals surface area contributed by atoms with Crippen molar-refractivity contribution in [3.05, 3.63) is 17.4 Å². The molecule has 11 nitrogen and oxygen atoms in total. The number of thioether (sulfide) groups is 1. The number of morpholine rings is 1. The second-order valence-electron chi connectivity index (χ2n) is 10.5. The topological polar surface area (TPSA) is 134 Å². The van der Waals surface area contributed by atoms with E-state index in [1.165, 1.54) is 11.8 Å². The molecule has 37 heavy (non-hydrogen) atoms. The third kappa shape index (κ3) is 2.95. The highest BCUT2D eigenvalue weighted by molar-refractivity contribution is 8.14. The van der Waals surface area contributed by atoms with Gasteiger partial charge in [-0.25, -0.2) is 9.18 Å². The van der Waals surface area contributed by atoms with Gasteiger partial charge >= 0.3 is 6.03 Å². The number of amides is 5.